The minimum absolute atomic E-state index is 0.0138. The van der Waals surface area contributed by atoms with Gasteiger partial charge in [-0.25, -0.2) is 0 Å². The third kappa shape index (κ3) is 13.1. The van der Waals surface area contributed by atoms with Crippen molar-refractivity contribution in [2.24, 2.45) is 11.7 Å². The maximum Gasteiger partial charge on any atom is 0.315 e. The number of aliphatic hydroxyl groups excluding tert-OH is 1. The number of nitrogens with one attached hydrogen (secondary N) is 1. The van der Waals surface area contributed by atoms with Crippen molar-refractivity contribution >= 4 is 41.4 Å². The summed E-state index contributed by atoms with van der Waals surface area (Å²) in [6.45, 7) is 8.35. The molecule has 4 amide bonds. The van der Waals surface area contributed by atoms with Crippen molar-refractivity contribution in [2.45, 2.75) is 90.1 Å². The van der Waals surface area contributed by atoms with E-state index in [2.05, 4.69) is 10.1 Å². The maximum atomic E-state index is 13.6. The number of hydrogen-bond acceptors (Lipinski definition) is 9. The second-order valence-corrected chi connectivity index (χ2v) is 11.6. The van der Waals surface area contributed by atoms with Crippen LogP contribution in [0.15, 0.2) is 12.2 Å². The number of esters is 1. The quantitative estimate of drug-likeness (QED) is 0.131. The van der Waals surface area contributed by atoms with Crippen LogP contribution in [-0.4, -0.2) is 112 Å². The summed E-state index contributed by atoms with van der Waals surface area (Å²) in [4.78, 5) is 65.8. The van der Waals surface area contributed by atoms with Crippen LogP contribution in [0.3, 0.4) is 0 Å². The number of aliphatic hydroxyl groups is 2. The second kappa shape index (κ2) is 17.9. The molecule has 0 aliphatic rings. The SMILES string of the molecule is C/C=C/C[C@@H](C)[C@@H](O)CC(=O)N[C@@H](CC)C(=O)N(C)[C@H](CSCC(=O)OC)C(=O)N(C)[C@@H](CC(C)(C)O)C(N)=O. The van der Waals surface area contributed by atoms with Crippen molar-refractivity contribution in [1.29, 1.82) is 0 Å². The first-order chi connectivity index (χ1) is 18.5. The summed E-state index contributed by atoms with van der Waals surface area (Å²) in [5.74, 6) is -3.29. The fourth-order valence-corrected chi connectivity index (χ4v) is 4.83. The largest absolute Gasteiger partial charge is 0.468 e. The van der Waals surface area contributed by atoms with Gasteiger partial charge in [-0.1, -0.05) is 26.0 Å². The predicted octanol–water partition coefficient (Wildman–Crippen LogP) is 0.441. The van der Waals surface area contributed by atoms with E-state index >= 15 is 0 Å². The van der Waals surface area contributed by atoms with Crippen molar-refractivity contribution in [3.05, 3.63) is 12.2 Å². The number of carbonyl (C=O) groups is 5. The Morgan fingerprint density at radius 3 is 2.15 bits per heavy atom. The topological polar surface area (TPSA) is 180 Å². The van der Waals surface area contributed by atoms with Crippen LogP contribution in [0.5, 0.6) is 0 Å². The average Bonchev–Trinajstić information content (AvgIpc) is 2.88. The number of hydrogen-bond donors (Lipinski definition) is 4. The average molecular weight is 589 g/mol. The molecule has 0 bridgehead atoms. The molecule has 12 nitrogen and oxygen atoms in total. The van der Waals surface area contributed by atoms with Crippen LogP contribution in [-0.2, 0) is 28.7 Å². The molecule has 0 radical (unpaired) electrons. The van der Waals surface area contributed by atoms with Gasteiger partial charge >= 0.3 is 5.97 Å². The number of likely N-dealkylation sites (N-methyl/N-ethyl adjacent to an activating group) is 2. The molecule has 0 saturated heterocycles. The molecular weight excluding hydrogens is 540 g/mol. The van der Waals surface area contributed by atoms with Gasteiger partial charge < -0.3 is 35.8 Å². The number of nitrogens with two attached hydrogens (primary N) is 1. The van der Waals surface area contributed by atoms with Gasteiger partial charge in [-0.15, -0.1) is 11.8 Å². The number of primary amides is 1. The molecule has 0 rings (SSSR count). The van der Waals surface area contributed by atoms with Crippen molar-refractivity contribution in [3.63, 3.8) is 0 Å². The number of rotatable bonds is 18. The van der Waals surface area contributed by atoms with Gasteiger partial charge in [0.15, 0.2) is 0 Å². The number of carbonyl (C=O) groups excluding carboxylic acids is 5. The zero-order valence-corrected chi connectivity index (χ0v) is 25.8. The zero-order chi connectivity index (χ0) is 31.2. The van der Waals surface area contributed by atoms with Crippen LogP contribution in [0.25, 0.3) is 0 Å². The van der Waals surface area contributed by atoms with Crippen LogP contribution in [0, 0.1) is 5.92 Å². The fraction of sp³-hybridized carbons (Fsp3) is 0.741. The molecule has 5 atom stereocenters. The van der Waals surface area contributed by atoms with Crippen LogP contribution in [0.1, 0.15) is 60.3 Å². The molecule has 0 aliphatic heterocycles. The molecule has 0 aromatic rings. The molecule has 230 valence electrons. The summed E-state index contributed by atoms with van der Waals surface area (Å²) in [5, 5.41) is 23.3. The predicted molar refractivity (Wildman–Crippen MR) is 154 cm³/mol. The molecule has 0 aromatic heterocycles. The number of methoxy groups -OCH3 is 1. The molecule has 0 spiro atoms. The summed E-state index contributed by atoms with van der Waals surface area (Å²) in [7, 11) is 3.99. The normalized spacial score (nSPS) is 15.4. The Morgan fingerprint density at radius 2 is 1.68 bits per heavy atom. The number of thioether (sulfide) groups is 1. The van der Waals surface area contributed by atoms with E-state index in [0.717, 1.165) is 16.7 Å². The van der Waals surface area contributed by atoms with E-state index in [9.17, 15) is 34.2 Å². The van der Waals surface area contributed by atoms with E-state index in [1.807, 2.05) is 26.0 Å². The van der Waals surface area contributed by atoms with Gasteiger partial charge in [0, 0.05) is 26.3 Å². The lowest BCUT2D eigenvalue weighted by molar-refractivity contribution is -0.148. The number of nitrogens with zero attached hydrogens (tertiary/aromatic N) is 2. The lowest BCUT2D eigenvalue weighted by atomic mass is 9.97. The molecule has 0 saturated carbocycles. The van der Waals surface area contributed by atoms with E-state index < -0.39 is 59.4 Å². The fourth-order valence-electron chi connectivity index (χ4n) is 3.84. The molecule has 0 unspecified atom stereocenters. The van der Waals surface area contributed by atoms with E-state index in [4.69, 9.17) is 5.73 Å². The summed E-state index contributed by atoms with van der Waals surface area (Å²) in [6, 6.07) is -3.27. The Morgan fingerprint density at radius 1 is 1.10 bits per heavy atom. The molecular formula is C27H48N4O8S. The third-order valence-corrected chi connectivity index (χ3v) is 7.49. The third-order valence-electron chi connectivity index (χ3n) is 6.50. The number of amides is 4. The second-order valence-electron chi connectivity index (χ2n) is 10.5. The Bertz CT molecular complexity index is 892. The monoisotopic (exact) mass is 588 g/mol. The smallest absolute Gasteiger partial charge is 0.315 e. The highest BCUT2D eigenvalue weighted by atomic mass is 32.2. The maximum absolute atomic E-state index is 13.6. The van der Waals surface area contributed by atoms with Gasteiger partial charge in [0.05, 0.1) is 31.0 Å². The van der Waals surface area contributed by atoms with Crippen molar-refractivity contribution in [1.82, 2.24) is 15.1 Å². The molecule has 13 heteroatoms. The van der Waals surface area contributed by atoms with Gasteiger partial charge in [-0.2, -0.15) is 0 Å². The van der Waals surface area contributed by atoms with Gasteiger partial charge in [-0.3, -0.25) is 24.0 Å². The highest BCUT2D eigenvalue weighted by Crippen LogP contribution is 2.19. The number of allylic oxidation sites excluding steroid dienone is 2. The molecule has 40 heavy (non-hydrogen) atoms. The summed E-state index contributed by atoms with van der Waals surface area (Å²) in [5.41, 5.74) is 4.22. The highest BCUT2D eigenvalue weighted by Gasteiger charge is 2.38. The highest BCUT2D eigenvalue weighted by molar-refractivity contribution is 8.00. The van der Waals surface area contributed by atoms with Gasteiger partial charge in [0.1, 0.15) is 18.1 Å². The van der Waals surface area contributed by atoms with E-state index in [-0.39, 0.29) is 36.7 Å². The van der Waals surface area contributed by atoms with Gasteiger partial charge in [0.2, 0.25) is 23.6 Å². The first-order valence-electron chi connectivity index (χ1n) is 13.3. The molecule has 0 heterocycles. The molecule has 0 fully saturated rings. The summed E-state index contributed by atoms with van der Waals surface area (Å²) >= 11 is 1.06. The summed E-state index contributed by atoms with van der Waals surface area (Å²) < 4.78 is 4.65. The summed E-state index contributed by atoms with van der Waals surface area (Å²) in [6.07, 6.45) is 3.35. The Balaban J connectivity index is 5.85. The Labute approximate surface area is 242 Å². The lowest BCUT2D eigenvalue weighted by Gasteiger charge is -2.36. The van der Waals surface area contributed by atoms with E-state index in [1.54, 1.807) is 6.92 Å². The molecule has 0 aromatic carbocycles. The standard InChI is InChI=1S/C27H48N4O8S/c1-9-11-12-17(3)21(32)13-22(33)29-18(10-2)25(36)31(7)20(15-40-16-23(34)39-8)26(37)30(6)19(24(28)35)14-27(4,5)38/h9,11,17-21,32,38H,10,12-16H2,1-8H3,(H2,28,35)(H,29,33)/b11-9+/t17-,18+,19+,20-,21+/m1/s1. The van der Waals surface area contributed by atoms with Gasteiger partial charge in [-0.05, 0) is 39.5 Å². The van der Waals surface area contributed by atoms with Crippen LogP contribution in [0.2, 0.25) is 0 Å². The van der Waals surface area contributed by atoms with Crippen LogP contribution < -0.4 is 11.1 Å². The molecule has 0 aliphatic carbocycles. The lowest BCUT2D eigenvalue weighted by Crippen LogP contribution is -2.58. The van der Waals surface area contributed by atoms with Crippen molar-refractivity contribution in [2.75, 3.05) is 32.7 Å². The molecule has 5 N–H and O–H groups in total. The first kappa shape index (κ1) is 37.4. The number of ether oxygens (including phenoxy) is 1. The minimum atomic E-state index is -1.31. The van der Waals surface area contributed by atoms with Gasteiger partial charge in [0.25, 0.3) is 0 Å². The first-order valence-corrected chi connectivity index (χ1v) is 14.4. The van der Waals surface area contributed by atoms with Crippen molar-refractivity contribution < 1.29 is 38.9 Å². The zero-order valence-electron chi connectivity index (χ0n) is 25.0. The minimum Gasteiger partial charge on any atom is -0.468 e. The Hall–Kier alpha value is -2.64. The van der Waals surface area contributed by atoms with Crippen LogP contribution in [0.4, 0.5) is 0 Å². The Kier molecular flexibility index (Phi) is 16.7. The van der Waals surface area contributed by atoms with E-state index in [1.165, 1.54) is 40.0 Å². The van der Waals surface area contributed by atoms with Crippen molar-refractivity contribution in [3.8, 4) is 0 Å². The van der Waals surface area contributed by atoms with Crippen LogP contribution >= 0.6 is 11.8 Å². The van der Waals surface area contributed by atoms with E-state index in [0.29, 0.717) is 6.42 Å².